The van der Waals surface area contributed by atoms with Gasteiger partial charge in [-0.25, -0.2) is 4.79 Å². The molecule has 3 nitrogen and oxygen atoms in total. The number of carbonyl (C=O) groups excluding carboxylic acids is 1. The van der Waals surface area contributed by atoms with Gasteiger partial charge in [0.15, 0.2) is 0 Å². The minimum Gasteiger partial charge on any atom is -0.296 e. The lowest BCUT2D eigenvalue weighted by Crippen LogP contribution is -2.01. The van der Waals surface area contributed by atoms with Crippen LogP contribution in [-0.2, 0) is 9.68 Å². The predicted octanol–water partition coefficient (Wildman–Crippen LogP) is 3.44. The second-order valence-corrected chi connectivity index (χ2v) is 3.21. The summed E-state index contributed by atoms with van der Waals surface area (Å²) >= 11 is 0. The van der Waals surface area contributed by atoms with Crippen LogP contribution in [0.4, 0.5) is 0 Å². The summed E-state index contributed by atoms with van der Waals surface area (Å²) in [6.07, 6.45) is 3.55. The van der Waals surface area contributed by atoms with Crippen molar-refractivity contribution in [2.45, 2.75) is 26.7 Å². The molecule has 0 atom stereocenters. The molecule has 1 aromatic carbocycles. The minimum atomic E-state index is -0.673. The zero-order valence-corrected chi connectivity index (χ0v) is 9.72. The van der Waals surface area contributed by atoms with Gasteiger partial charge in [0.1, 0.15) is 0 Å². The molecule has 0 unspecified atom stereocenters. The highest BCUT2D eigenvalue weighted by Crippen LogP contribution is 1.99. The molecule has 1 rings (SSSR count). The van der Waals surface area contributed by atoms with Crippen LogP contribution in [0, 0.1) is 0 Å². The largest absolute Gasteiger partial charge is 0.368 e. The molecule has 0 fully saturated rings. The number of hydrogen-bond donors (Lipinski definition) is 1. The molecule has 0 aromatic heterocycles. The van der Waals surface area contributed by atoms with E-state index >= 15 is 0 Å². The fourth-order valence-corrected chi connectivity index (χ4v) is 0.901. The Labute approximate surface area is 96.3 Å². The van der Waals surface area contributed by atoms with Gasteiger partial charge in [0.2, 0.25) is 0 Å². The summed E-state index contributed by atoms with van der Waals surface area (Å²) in [6, 6.07) is 12.0. The lowest BCUT2D eigenvalue weighted by molar-refractivity contribution is -0.229. The predicted molar refractivity (Wildman–Crippen MR) is 63.8 cm³/mol. The highest BCUT2D eigenvalue weighted by atomic mass is 17.1. The summed E-state index contributed by atoms with van der Waals surface area (Å²) in [7, 11) is 0. The molecule has 0 aliphatic rings. The van der Waals surface area contributed by atoms with Crippen LogP contribution in [-0.4, -0.2) is 11.2 Å². The molecule has 0 saturated heterocycles. The van der Waals surface area contributed by atoms with E-state index in [0.717, 1.165) is 12.8 Å². The average molecular weight is 222 g/mol. The Bertz CT molecular complexity index is 278. The maximum absolute atomic E-state index is 10.5. The van der Waals surface area contributed by atoms with Crippen LogP contribution >= 0.6 is 0 Å². The van der Waals surface area contributed by atoms with Crippen molar-refractivity contribution in [2.24, 2.45) is 0 Å². The van der Waals surface area contributed by atoms with E-state index in [1.54, 1.807) is 13.0 Å². The molecule has 0 bridgehead atoms. The first kappa shape index (κ1) is 14.4. The van der Waals surface area contributed by atoms with E-state index in [1.165, 1.54) is 0 Å². The molecule has 16 heavy (non-hydrogen) atoms. The standard InChI is InChI=1S/C7H12O3.C6H6/c1-3-4-5-6(2)7(8)10-9;1-2-4-6-5-3-1/h5,9H,3-4H2,1-2H3;1-6H. The summed E-state index contributed by atoms with van der Waals surface area (Å²) < 4.78 is 0. The third-order valence-electron chi connectivity index (χ3n) is 1.81. The van der Waals surface area contributed by atoms with Crippen LogP contribution in [0.15, 0.2) is 48.0 Å². The fraction of sp³-hybridized carbons (Fsp3) is 0.308. The molecular weight excluding hydrogens is 204 g/mol. The molecule has 0 aliphatic heterocycles. The van der Waals surface area contributed by atoms with Crippen LogP contribution in [0.1, 0.15) is 26.7 Å². The second-order valence-electron chi connectivity index (χ2n) is 3.21. The fourth-order valence-electron chi connectivity index (χ4n) is 0.901. The first-order valence-electron chi connectivity index (χ1n) is 5.24. The van der Waals surface area contributed by atoms with E-state index in [9.17, 15) is 4.79 Å². The highest BCUT2D eigenvalue weighted by molar-refractivity contribution is 5.87. The van der Waals surface area contributed by atoms with Crippen molar-refractivity contribution in [3.63, 3.8) is 0 Å². The lowest BCUT2D eigenvalue weighted by Gasteiger charge is -1.93. The van der Waals surface area contributed by atoms with Crippen molar-refractivity contribution >= 4 is 5.97 Å². The number of carbonyl (C=O) groups is 1. The Morgan fingerprint density at radius 2 is 1.62 bits per heavy atom. The average Bonchev–Trinajstić information content (AvgIpc) is 2.37. The van der Waals surface area contributed by atoms with E-state index in [2.05, 4.69) is 4.89 Å². The highest BCUT2D eigenvalue weighted by Gasteiger charge is 2.02. The number of rotatable bonds is 3. The van der Waals surface area contributed by atoms with Gasteiger partial charge in [-0.2, -0.15) is 5.26 Å². The molecule has 88 valence electrons. The molecule has 0 aliphatic carbocycles. The smallest absolute Gasteiger partial charge is 0.296 e. The zero-order valence-electron chi connectivity index (χ0n) is 9.72. The minimum absolute atomic E-state index is 0.448. The van der Waals surface area contributed by atoms with Crippen molar-refractivity contribution in [1.82, 2.24) is 0 Å². The first-order valence-corrected chi connectivity index (χ1v) is 5.24. The van der Waals surface area contributed by atoms with Crippen molar-refractivity contribution in [2.75, 3.05) is 0 Å². The Hall–Kier alpha value is -1.61. The molecular formula is C13H18O3. The number of allylic oxidation sites excluding steroid dienone is 1. The molecule has 1 N–H and O–H groups in total. The van der Waals surface area contributed by atoms with E-state index in [4.69, 9.17) is 5.26 Å². The molecule has 0 heterocycles. The Balaban J connectivity index is 0.000000315. The van der Waals surface area contributed by atoms with Crippen LogP contribution in [0.2, 0.25) is 0 Å². The van der Waals surface area contributed by atoms with Crippen LogP contribution in [0.25, 0.3) is 0 Å². The van der Waals surface area contributed by atoms with Gasteiger partial charge >= 0.3 is 5.97 Å². The SMILES string of the molecule is CCCC=C(C)C(=O)OO.c1ccccc1. The maximum atomic E-state index is 10.5. The van der Waals surface area contributed by atoms with Gasteiger partial charge in [-0.3, -0.25) is 4.89 Å². The molecule has 1 aromatic rings. The Morgan fingerprint density at radius 3 is 1.94 bits per heavy atom. The van der Waals surface area contributed by atoms with Gasteiger partial charge in [0.05, 0.1) is 0 Å². The third kappa shape index (κ3) is 7.76. The van der Waals surface area contributed by atoms with Crippen LogP contribution < -0.4 is 0 Å². The monoisotopic (exact) mass is 222 g/mol. The van der Waals surface area contributed by atoms with Crippen molar-refractivity contribution in [3.05, 3.63) is 48.0 Å². The van der Waals surface area contributed by atoms with Crippen molar-refractivity contribution in [1.29, 1.82) is 0 Å². The van der Waals surface area contributed by atoms with Gasteiger partial charge < -0.3 is 0 Å². The van der Waals surface area contributed by atoms with E-state index in [-0.39, 0.29) is 0 Å². The van der Waals surface area contributed by atoms with E-state index in [1.807, 2.05) is 43.3 Å². The number of benzene rings is 1. The van der Waals surface area contributed by atoms with Crippen LogP contribution in [0.5, 0.6) is 0 Å². The number of hydrogen-bond acceptors (Lipinski definition) is 3. The van der Waals surface area contributed by atoms with Gasteiger partial charge in [-0.1, -0.05) is 55.8 Å². The van der Waals surface area contributed by atoms with Gasteiger partial charge in [-0.15, -0.1) is 0 Å². The molecule has 3 heteroatoms. The van der Waals surface area contributed by atoms with Crippen molar-refractivity contribution in [3.8, 4) is 0 Å². The van der Waals surface area contributed by atoms with Gasteiger partial charge in [-0.05, 0) is 13.3 Å². The van der Waals surface area contributed by atoms with Crippen molar-refractivity contribution < 1.29 is 14.9 Å². The quantitative estimate of drug-likeness (QED) is 0.484. The summed E-state index contributed by atoms with van der Waals surface area (Å²) in [5.41, 5.74) is 0.448. The Morgan fingerprint density at radius 1 is 1.19 bits per heavy atom. The first-order chi connectivity index (χ1) is 7.72. The summed E-state index contributed by atoms with van der Waals surface area (Å²) in [5, 5.41) is 7.91. The van der Waals surface area contributed by atoms with E-state index < -0.39 is 5.97 Å². The van der Waals surface area contributed by atoms with Gasteiger partial charge in [0.25, 0.3) is 0 Å². The topological polar surface area (TPSA) is 46.5 Å². The normalized spacial score (nSPS) is 10.1. The molecule has 0 radical (unpaired) electrons. The lowest BCUT2D eigenvalue weighted by atomic mass is 10.2. The Kier molecular flexibility index (Phi) is 8.93. The maximum Gasteiger partial charge on any atom is 0.368 e. The van der Waals surface area contributed by atoms with E-state index in [0.29, 0.717) is 5.57 Å². The second kappa shape index (κ2) is 9.93. The number of unbranched alkanes of at least 4 members (excludes halogenated alkanes) is 1. The molecule has 0 saturated carbocycles. The zero-order chi connectivity index (χ0) is 12.2. The summed E-state index contributed by atoms with van der Waals surface area (Å²) in [6.45, 7) is 3.61. The third-order valence-corrected chi connectivity index (χ3v) is 1.81. The molecule has 0 spiro atoms. The summed E-state index contributed by atoms with van der Waals surface area (Å²) in [5.74, 6) is -0.673. The van der Waals surface area contributed by atoms with Gasteiger partial charge in [0, 0.05) is 5.57 Å². The molecule has 0 amide bonds. The summed E-state index contributed by atoms with van der Waals surface area (Å²) in [4.78, 5) is 14.0. The van der Waals surface area contributed by atoms with Crippen LogP contribution in [0.3, 0.4) is 0 Å².